The minimum Gasteiger partial charge on any atom is -0.378 e. The highest BCUT2D eigenvalue weighted by Crippen LogP contribution is 2.28. The summed E-state index contributed by atoms with van der Waals surface area (Å²) < 4.78 is 0. The van der Waals surface area contributed by atoms with Gasteiger partial charge in [0.1, 0.15) is 0 Å². The maximum Gasteiger partial charge on any atom is 0.309 e. The highest BCUT2D eigenvalue weighted by molar-refractivity contribution is 6.35. The van der Waals surface area contributed by atoms with E-state index in [0.29, 0.717) is 6.54 Å². The topological polar surface area (TPSA) is 64.7 Å². The van der Waals surface area contributed by atoms with Crippen molar-refractivity contribution in [3.8, 4) is 0 Å². The molecule has 0 fully saturated rings. The van der Waals surface area contributed by atoms with E-state index in [1.165, 1.54) is 11.1 Å². The third-order valence-corrected chi connectivity index (χ3v) is 5.55. The zero-order valence-electron chi connectivity index (χ0n) is 19.2. The van der Waals surface area contributed by atoms with Gasteiger partial charge in [0.2, 0.25) is 0 Å². The highest BCUT2D eigenvalue weighted by Gasteiger charge is 2.27. The first kappa shape index (κ1) is 22.8. The molecule has 1 heterocycles. The molecule has 0 spiro atoms. The van der Waals surface area contributed by atoms with Gasteiger partial charge < -0.3 is 15.5 Å². The van der Waals surface area contributed by atoms with Gasteiger partial charge in [-0.25, -0.2) is 0 Å². The van der Waals surface area contributed by atoms with Crippen molar-refractivity contribution in [3.63, 3.8) is 0 Å². The zero-order chi connectivity index (χ0) is 22.6. The maximum absolute atomic E-state index is 12.4. The van der Waals surface area contributed by atoms with Crippen LogP contribution in [0.1, 0.15) is 43.5 Å². The van der Waals surface area contributed by atoms with E-state index < -0.39 is 17.4 Å². The van der Waals surface area contributed by atoms with Crippen LogP contribution in [-0.4, -0.2) is 49.4 Å². The number of rotatable bonds is 5. The van der Waals surface area contributed by atoms with E-state index in [4.69, 9.17) is 0 Å². The summed E-state index contributed by atoms with van der Waals surface area (Å²) >= 11 is 0. The number of hydrogen-bond acceptors (Lipinski definition) is 4. The van der Waals surface area contributed by atoms with Gasteiger partial charge in [0.05, 0.1) is 6.04 Å². The number of amides is 2. The Kier molecular flexibility index (Phi) is 7.01. The number of fused-ring (bicyclic) bond motifs is 1. The molecule has 0 bridgehead atoms. The third kappa shape index (κ3) is 6.07. The molecule has 1 unspecified atom stereocenters. The summed E-state index contributed by atoms with van der Waals surface area (Å²) in [6, 6.07) is 16.9. The second kappa shape index (κ2) is 9.52. The fraction of sp³-hybridized carbons (Fsp3) is 0.440. The summed E-state index contributed by atoms with van der Waals surface area (Å²) in [5, 5.41) is 5.58. The average Bonchev–Trinajstić information content (AvgIpc) is 2.72. The second-order valence-electron chi connectivity index (χ2n) is 9.41. The molecular formula is C25H34N4O2. The molecule has 2 N–H and O–H groups in total. The highest BCUT2D eigenvalue weighted by atomic mass is 16.2. The van der Waals surface area contributed by atoms with Crippen molar-refractivity contribution < 1.29 is 9.59 Å². The second-order valence-corrected chi connectivity index (χ2v) is 9.41. The van der Waals surface area contributed by atoms with Crippen molar-refractivity contribution in [1.82, 2.24) is 15.5 Å². The van der Waals surface area contributed by atoms with Crippen LogP contribution in [0.2, 0.25) is 0 Å². The van der Waals surface area contributed by atoms with Crippen molar-refractivity contribution in [2.45, 2.75) is 45.3 Å². The molecule has 2 aromatic carbocycles. The Labute approximate surface area is 185 Å². The average molecular weight is 423 g/mol. The SMILES string of the molecule is CN(C)c1ccc(C(CNC(=O)C(=O)NC(C)(C)C)N2CCc3ccccc3C2)cc1. The van der Waals surface area contributed by atoms with Gasteiger partial charge in [0.15, 0.2) is 0 Å². The number of nitrogens with zero attached hydrogens (tertiary/aromatic N) is 2. The number of nitrogens with one attached hydrogen (secondary N) is 2. The van der Waals surface area contributed by atoms with E-state index in [1.807, 2.05) is 34.9 Å². The van der Waals surface area contributed by atoms with Gasteiger partial charge in [-0.15, -0.1) is 0 Å². The molecule has 3 rings (SSSR count). The van der Waals surface area contributed by atoms with Crippen LogP contribution in [0.4, 0.5) is 5.69 Å². The first-order valence-electron chi connectivity index (χ1n) is 10.8. The molecule has 0 saturated heterocycles. The predicted molar refractivity (Wildman–Crippen MR) is 125 cm³/mol. The van der Waals surface area contributed by atoms with Gasteiger partial charge >= 0.3 is 11.8 Å². The van der Waals surface area contributed by atoms with Crippen LogP contribution in [0, 0.1) is 0 Å². The Morgan fingerprint density at radius 1 is 1.00 bits per heavy atom. The van der Waals surface area contributed by atoms with E-state index >= 15 is 0 Å². The van der Waals surface area contributed by atoms with Gasteiger partial charge in [-0.2, -0.15) is 0 Å². The van der Waals surface area contributed by atoms with Crippen LogP contribution < -0.4 is 15.5 Å². The number of hydrogen-bond donors (Lipinski definition) is 2. The fourth-order valence-electron chi connectivity index (χ4n) is 3.90. The molecule has 1 aliphatic heterocycles. The molecule has 166 valence electrons. The van der Waals surface area contributed by atoms with Crippen LogP contribution in [0.15, 0.2) is 48.5 Å². The van der Waals surface area contributed by atoms with Crippen molar-refractivity contribution in [1.29, 1.82) is 0 Å². The van der Waals surface area contributed by atoms with E-state index in [0.717, 1.165) is 30.8 Å². The van der Waals surface area contributed by atoms with Crippen LogP contribution in [-0.2, 0) is 22.6 Å². The fourth-order valence-corrected chi connectivity index (χ4v) is 3.90. The molecule has 0 aliphatic carbocycles. The van der Waals surface area contributed by atoms with E-state index in [-0.39, 0.29) is 6.04 Å². The normalized spacial score (nSPS) is 15.0. The van der Waals surface area contributed by atoms with Crippen LogP contribution in [0.3, 0.4) is 0 Å². The first-order valence-corrected chi connectivity index (χ1v) is 10.8. The monoisotopic (exact) mass is 422 g/mol. The minimum atomic E-state index is -0.599. The minimum absolute atomic E-state index is 0.0176. The van der Waals surface area contributed by atoms with Crippen LogP contribution in [0.5, 0.6) is 0 Å². The van der Waals surface area contributed by atoms with E-state index in [9.17, 15) is 9.59 Å². The lowest BCUT2D eigenvalue weighted by atomic mass is 9.96. The summed E-state index contributed by atoms with van der Waals surface area (Å²) in [6.45, 7) is 7.68. The number of anilines is 1. The van der Waals surface area contributed by atoms with Crippen molar-refractivity contribution in [3.05, 3.63) is 65.2 Å². The van der Waals surface area contributed by atoms with Gasteiger partial charge in [0, 0.05) is 45.0 Å². The molecular weight excluding hydrogens is 388 g/mol. The van der Waals surface area contributed by atoms with Crippen molar-refractivity contribution in [2.75, 3.05) is 32.1 Å². The first-order chi connectivity index (χ1) is 14.6. The number of carbonyl (C=O) groups excluding carboxylic acids is 2. The molecule has 0 aromatic heterocycles. The van der Waals surface area contributed by atoms with Gasteiger partial charge in [-0.3, -0.25) is 14.5 Å². The standard InChI is InChI=1S/C25H34N4O2/c1-25(2,3)27-24(31)23(30)26-16-22(19-10-12-21(13-11-19)28(4)5)29-15-14-18-8-6-7-9-20(18)17-29/h6-13,22H,14-17H2,1-5H3,(H,26,30)(H,27,31). The lowest BCUT2D eigenvalue weighted by Crippen LogP contribution is -2.49. The largest absolute Gasteiger partial charge is 0.378 e. The molecule has 31 heavy (non-hydrogen) atoms. The van der Waals surface area contributed by atoms with Gasteiger partial charge in [-0.1, -0.05) is 36.4 Å². The molecule has 2 amide bonds. The summed E-state index contributed by atoms with van der Waals surface area (Å²) in [4.78, 5) is 29.1. The summed E-state index contributed by atoms with van der Waals surface area (Å²) in [5.74, 6) is -1.19. The van der Waals surface area contributed by atoms with E-state index in [2.05, 4.69) is 69.0 Å². The smallest absolute Gasteiger partial charge is 0.309 e. The Morgan fingerprint density at radius 3 is 2.26 bits per heavy atom. The predicted octanol–water partition coefficient (Wildman–Crippen LogP) is 2.88. The quantitative estimate of drug-likeness (QED) is 0.728. The Morgan fingerprint density at radius 2 is 1.65 bits per heavy atom. The summed E-state index contributed by atoms with van der Waals surface area (Å²) in [5.41, 5.74) is 4.50. The Hall–Kier alpha value is -2.86. The Balaban J connectivity index is 1.78. The molecule has 2 aromatic rings. The van der Waals surface area contributed by atoms with Crippen LogP contribution >= 0.6 is 0 Å². The van der Waals surface area contributed by atoms with Crippen molar-refractivity contribution in [2.24, 2.45) is 0 Å². The molecule has 0 radical (unpaired) electrons. The lowest BCUT2D eigenvalue weighted by molar-refractivity contribution is -0.140. The number of carbonyl (C=O) groups is 2. The molecule has 1 aliphatic rings. The Bertz CT molecular complexity index is 916. The molecule has 0 saturated carbocycles. The molecule has 6 heteroatoms. The van der Waals surface area contributed by atoms with E-state index in [1.54, 1.807) is 0 Å². The number of benzene rings is 2. The molecule has 6 nitrogen and oxygen atoms in total. The maximum atomic E-state index is 12.4. The summed E-state index contributed by atoms with van der Waals surface area (Å²) in [6.07, 6.45) is 0.973. The summed E-state index contributed by atoms with van der Waals surface area (Å²) in [7, 11) is 4.03. The van der Waals surface area contributed by atoms with Crippen molar-refractivity contribution >= 4 is 17.5 Å². The van der Waals surface area contributed by atoms with Gasteiger partial charge in [0.25, 0.3) is 0 Å². The lowest BCUT2D eigenvalue weighted by Gasteiger charge is -2.36. The third-order valence-electron chi connectivity index (χ3n) is 5.55. The van der Waals surface area contributed by atoms with Gasteiger partial charge in [-0.05, 0) is 56.0 Å². The zero-order valence-corrected chi connectivity index (χ0v) is 19.2. The molecule has 1 atom stereocenters. The van der Waals surface area contributed by atoms with Crippen LogP contribution in [0.25, 0.3) is 0 Å².